The Hall–Kier alpha value is -1.23. The number of oxime groups is 1. The lowest BCUT2D eigenvalue weighted by Crippen LogP contribution is -2.50. The fourth-order valence-electron chi connectivity index (χ4n) is 7.25. The van der Waals surface area contributed by atoms with Crippen LogP contribution in [0.1, 0.15) is 65.2 Å². The van der Waals surface area contributed by atoms with E-state index in [-0.39, 0.29) is 23.2 Å². The summed E-state index contributed by atoms with van der Waals surface area (Å²) in [5.41, 5.74) is 2.35. The molecule has 4 aliphatic carbocycles. The minimum absolute atomic E-state index is 0.112. The Morgan fingerprint density at radius 3 is 2.79 bits per heavy atom. The number of alkyl halides is 1. The Kier molecular flexibility index (Phi) is 4.46. The minimum Gasteiger partial charge on any atom is -0.391 e. The van der Waals surface area contributed by atoms with Crippen LogP contribution in [0.25, 0.3) is 0 Å². The third kappa shape index (κ3) is 2.72. The molecule has 0 aromatic carbocycles. The predicted molar refractivity (Wildman–Crippen MR) is 107 cm³/mol. The number of halogens is 1. The number of nitrogens with one attached hydrogen (secondary N) is 1. The first kappa shape index (κ1) is 18.8. The van der Waals surface area contributed by atoms with Gasteiger partial charge in [0.25, 0.3) is 0 Å². The fraction of sp³-hybridized carbons (Fsp3) is 0.826. The lowest BCUT2D eigenvalue weighted by Gasteiger charge is -2.56. The maximum Gasteiger partial charge on any atom is 0.173 e. The van der Waals surface area contributed by atoms with Crippen molar-refractivity contribution in [2.75, 3.05) is 13.1 Å². The molecule has 0 aromatic heterocycles. The van der Waals surface area contributed by atoms with Gasteiger partial charge < -0.3 is 10.2 Å². The van der Waals surface area contributed by atoms with Crippen molar-refractivity contribution in [2.24, 2.45) is 33.7 Å². The van der Waals surface area contributed by atoms with Crippen molar-refractivity contribution in [1.82, 2.24) is 5.32 Å². The van der Waals surface area contributed by atoms with Gasteiger partial charge in [-0.05, 0) is 80.7 Å². The number of carbonyl (C=O) groups is 1. The van der Waals surface area contributed by atoms with Crippen LogP contribution in [-0.2, 0) is 9.63 Å². The number of fused-ring (bicyclic) bond motifs is 5. The van der Waals surface area contributed by atoms with Crippen LogP contribution in [0.3, 0.4) is 0 Å². The molecule has 1 saturated heterocycles. The van der Waals surface area contributed by atoms with Gasteiger partial charge in [-0.25, -0.2) is 4.39 Å². The van der Waals surface area contributed by atoms with E-state index in [1.165, 1.54) is 5.57 Å². The first-order chi connectivity index (χ1) is 13.4. The van der Waals surface area contributed by atoms with Gasteiger partial charge >= 0.3 is 0 Å². The average molecular weight is 389 g/mol. The monoisotopic (exact) mass is 388 g/mol. The van der Waals surface area contributed by atoms with Crippen molar-refractivity contribution in [1.29, 1.82) is 0 Å². The topological polar surface area (TPSA) is 50.7 Å². The van der Waals surface area contributed by atoms with Crippen molar-refractivity contribution in [3.63, 3.8) is 0 Å². The molecule has 7 atom stereocenters. The van der Waals surface area contributed by atoms with E-state index in [0.717, 1.165) is 63.7 Å². The number of Topliss-reactive ketones (excluding diaryl/α,β-unsaturated/α-hetero) is 1. The van der Waals surface area contributed by atoms with Crippen LogP contribution in [0.15, 0.2) is 16.8 Å². The second kappa shape index (κ2) is 6.65. The highest BCUT2D eigenvalue weighted by Gasteiger charge is 2.61. The van der Waals surface area contributed by atoms with Crippen molar-refractivity contribution >= 4 is 11.5 Å². The Bertz CT molecular complexity index is 728. The van der Waals surface area contributed by atoms with E-state index in [0.29, 0.717) is 18.3 Å². The minimum atomic E-state index is -1.23. The van der Waals surface area contributed by atoms with Gasteiger partial charge in [-0.2, -0.15) is 0 Å². The summed E-state index contributed by atoms with van der Waals surface area (Å²) in [5, 5.41) is 7.79. The molecule has 0 spiro atoms. The maximum absolute atomic E-state index is 14.3. The van der Waals surface area contributed by atoms with Crippen LogP contribution in [-0.4, -0.2) is 36.9 Å². The van der Waals surface area contributed by atoms with Crippen molar-refractivity contribution in [2.45, 2.75) is 77.5 Å². The summed E-state index contributed by atoms with van der Waals surface area (Å²) in [5.74, 6) is 1.19. The zero-order valence-corrected chi connectivity index (χ0v) is 17.2. The maximum atomic E-state index is 14.3. The predicted octanol–water partition coefficient (Wildman–Crippen LogP) is 4.20. The number of carbonyl (C=O) groups excluding carboxylic acids is 1. The van der Waals surface area contributed by atoms with Gasteiger partial charge in [0.05, 0.1) is 5.71 Å². The van der Waals surface area contributed by atoms with Gasteiger partial charge in [-0.1, -0.05) is 24.6 Å². The van der Waals surface area contributed by atoms with Gasteiger partial charge in [-0.3, -0.25) is 4.79 Å². The van der Waals surface area contributed by atoms with Gasteiger partial charge in [0.15, 0.2) is 12.0 Å². The van der Waals surface area contributed by atoms with Crippen LogP contribution in [0.2, 0.25) is 0 Å². The molecule has 1 aliphatic heterocycles. The third-order valence-electron chi connectivity index (χ3n) is 9.01. The average Bonchev–Trinajstić information content (AvgIpc) is 3.28. The molecule has 0 aromatic rings. The Morgan fingerprint density at radius 1 is 1.14 bits per heavy atom. The normalized spacial score (nSPS) is 49.4. The van der Waals surface area contributed by atoms with Crippen molar-refractivity contribution in [3.05, 3.63) is 11.6 Å². The second-order valence-electron chi connectivity index (χ2n) is 10.3. The molecule has 0 radical (unpaired) electrons. The number of rotatable bonds is 2. The van der Waals surface area contributed by atoms with E-state index < -0.39 is 11.6 Å². The molecule has 3 saturated carbocycles. The van der Waals surface area contributed by atoms with E-state index >= 15 is 0 Å². The zero-order chi connectivity index (χ0) is 19.5. The molecular weight excluding hydrogens is 355 g/mol. The van der Waals surface area contributed by atoms with E-state index in [1.54, 1.807) is 0 Å². The summed E-state index contributed by atoms with van der Waals surface area (Å²) in [4.78, 5) is 18.3. The van der Waals surface area contributed by atoms with Gasteiger partial charge in [-0.15, -0.1) is 0 Å². The van der Waals surface area contributed by atoms with Crippen LogP contribution >= 0.6 is 0 Å². The number of nitrogens with zero attached hydrogens (tertiary/aromatic N) is 1. The SMILES string of the molecule is CC12CCC3C(CCC4=CC(=NOC5CCNC5)CCC43C)C1CC(F)C2=O. The zero-order valence-electron chi connectivity index (χ0n) is 17.2. The molecule has 0 bridgehead atoms. The molecule has 4 nitrogen and oxygen atoms in total. The van der Waals surface area contributed by atoms with Gasteiger partial charge in [0.2, 0.25) is 0 Å². The van der Waals surface area contributed by atoms with E-state index in [2.05, 4.69) is 23.5 Å². The highest BCUT2D eigenvalue weighted by atomic mass is 19.1. The Balaban J connectivity index is 1.36. The van der Waals surface area contributed by atoms with Gasteiger partial charge in [0, 0.05) is 18.4 Å². The summed E-state index contributed by atoms with van der Waals surface area (Å²) < 4.78 is 14.3. The van der Waals surface area contributed by atoms with E-state index in [4.69, 9.17) is 4.84 Å². The highest BCUT2D eigenvalue weighted by molar-refractivity contribution is 5.96. The second-order valence-corrected chi connectivity index (χ2v) is 10.3. The smallest absolute Gasteiger partial charge is 0.173 e. The molecule has 28 heavy (non-hydrogen) atoms. The quantitative estimate of drug-likeness (QED) is 0.721. The molecule has 7 unspecified atom stereocenters. The summed E-state index contributed by atoms with van der Waals surface area (Å²) in [6, 6.07) is 0. The largest absolute Gasteiger partial charge is 0.391 e. The molecule has 4 fully saturated rings. The lowest BCUT2D eigenvalue weighted by molar-refractivity contribution is -0.135. The van der Waals surface area contributed by atoms with E-state index in [1.807, 2.05) is 6.92 Å². The first-order valence-electron chi connectivity index (χ1n) is 11.2. The number of allylic oxidation sites excluding steroid dienone is 2. The number of hydrogen-bond acceptors (Lipinski definition) is 4. The van der Waals surface area contributed by atoms with Crippen LogP contribution < -0.4 is 5.32 Å². The first-order valence-corrected chi connectivity index (χ1v) is 11.2. The molecule has 5 rings (SSSR count). The molecule has 1 N–H and O–H groups in total. The van der Waals surface area contributed by atoms with Crippen LogP contribution in [0, 0.1) is 28.6 Å². The van der Waals surface area contributed by atoms with Crippen LogP contribution in [0.4, 0.5) is 4.39 Å². The number of hydrogen-bond donors (Lipinski definition) is 1. The third-order valence-corrected chi connectivity index (χ3v) is 9.01. The summed E-state index contributed by atoms with van der Waals surface area (Å²) >= 11 is 0. The summed E-state index contributed by atoms with van der Waals surface area (Å²) in [6.45, 7) is 6.37. The Labute approximate surface area is 167 Å². The molecule has 5 aliphatic rings. The number of ketones is 1. The highest BCUT2D eigenvalue weighted by Crippen LogP contribution is 2.64. The fourth-order valence-corrected chi connectivity index (χ4v) is 7.25. The molecule has 1 heterocycles. The summed E-state index contributed by atoms with van der Waals surface area (Å²) in [6.07, 6.45) is 8.88. The Morgan fingerprint density at radius 2 is 2.00 bits per heavy atom. The molecular formula is C23H33FN2O2. The molecule has 154 valence electrons. The standard InChI is InChI=1S/C23H33FN2O2/c1-22-8-5-15(26-28-16-7-10-25-13-16)11-14(22)3-4-17-18(22)6-9-23(2)19(17)12-20(24)21(23)27/h11,16-20,25H,3-10,12-13H2,1-2H3. The van der Waals surface area contributed by atoms with Crippen molar-refractivity contribution in [3.8, 4) is 0 Å². The summed E-state index contributed by atoms with van der Waals surface area (Å²) in [7, 11) is 0. The molecule has 5 heteroatoms. The van der Waals surface area contributed by atoms with Gasteiger partial charge in [0.1, 0.15) is 6.10 Å². The molecule has 0 amide bonds. The lowest BCUT2D eigenvalue weighted by atomic mass is 9.47. The van der Waals surface area contributed by atoms with Crippen molar-refractivity contribution < 1.29 is 14.0 Å². The van der Waals surface area contributed by atoms with E-state index in [9.17, 15) is 9.18 Å². The van der Waals surface area contributed by atoms with Crippen LogP contribution in [0.5, 0.6) is 0 Å².